The molecular weight excluding hydrogens is 254 g/mol. The zero-order chi connectivity index (χ0) is 13.9. The van der Waals surface area contributed by atoms with E-state index in [-0.39, 0.29) is 18.3 Å². The highest BCUT2D eigenvalue weighted by atomic mass is 16.4. The number of hydrogen-bond donors (Lipinski definition) is 1. The fourth-order valence-electron chi connectivity index (χ4n) is 2.58. The van der Waals surface area contributed by atoms with E-state index < -0.39 is 0 Å². The summed E-state index contributed by atoms with van der Waals surface area (Å²) in [5.41, 5.74) is 1.12. The topological polar surface area (TPSA) is 73.3 Å². The molecule has 1 fully saturated rings. The zero-order valence-electron chi connectivity index (χ0n) is 11.0. The maximum atomic E-state index is 9.40. The number of aliphatic hydroxyl groups is 1. The summed E-state index contributed by atoms with van der Waals surface area (Å²) in [5.74, 6) is 0.920. The van der Waals surface area contributed by atoms with Gasteiger partial charge in [-0.25, -0.2) is 0 Å². The first-order chi connectivity index (χ1) is 9.83. The molecule has 102 valence electrons. The minimum atomic E-state index is 0.0127. The van der Waals surface area contributed by atoms with Crippen LogP contribution in [0.15, 0.2) is 34.7 Å². The quantitative estimate of drug-likeness (QED) is 0.924. The number of aromatic nitrogens is 1. The summed E-state index contributed by atoms with van der Waals surface area (Å²) >= 11 is 0. The molecule has 3 rings (SSSR count). The van der Waals surface area contributed by atoms with Crippen molar-refractivity contribution in [2.45, 2.75) is 18.9 Å². The van der Waals surface area contributed by atoms with Crippen LogP contribution in [0.1, 0.15) is 18.5 Å². The molecule has 0 spiro atoms. The van der Waals surface area contributed by atoms with Crippen molar-refractivity contribution in [1.82, 2.24) is 4.98 Å². The lowest BCUT2D eigenvalue weighted by Crippen LogP contribution is -2.32. The van der Waals surface area contributed by atoms with E-state index in [1.807, 2.05) is 35.2 Å². The second-order valence-corrected chi connectivity index (χ2v) is 4.82. The van der Waals surface area contributed by atoms with E-state index in [4.69, 9.17) is 4.42 Å². The molecular formula is C15H15N3O2. The SMILES string of the molecule is N#Cc1nc(-c2ccccc2)oc1N1CCCC1CO. The first-order valence-electron chi connectivity index (χ1n) is 6.67. The maximum absolute atomic E-state index is 9.40. The molecule has 1 aliphatic heterocycles. The monoisotopic (exact) mass is 269 g/mol. The highest BCUT2D eigenvalue weighted by Crippen LogP contribution is 2.32. The van der Waals surface area contributed by atoms with Gasteiger partial charge in [0, 0.05) is 12.1 Å². The van der Waals surface area contributed by atoms with E-state index in [9.17, 15) is 10.4 Å². The Bertz CT molecular complexity index is 630. The predicted molar refractivity (Wildman–Crippen MR) is 74.1 cm³/mol. The summed E-state index contributed by atoms with van der Waals surface area (Å²) < 4.78 is 5.79. The van der Waals surface area contributed by atoms with Crippen LogP contribution in [0.5, 0.6) is 0 Å². The number of hydrogen-bond acceptors (Lipinski definition) is 5. The van der Waals surface area contributed by atoms with Crippen molar-refractivity contribution in [3.63, 3.8) is 0 Å². The second-order valence-electron chi connectivity index (χ2n) is 4.82. The Balaban J connectivity index is 2.00. The first-order valence-corrected chi connectivity index (χ1v) is 6.67. The fraction of sp³-hybridized carbons (Fsp3) is 0.333. The second kappa shape index (κ2) is 5.35. The molecule has 1 aromatic carbocycles. The molecule has 0 saturated carbocycles. The minimum absolute atomic E-state index is 0.0127. The van der Waals surface area contributed by atoms with Crippen molar-refractivity contribution in [3.8, 4) is 17.5 Å². The number of benzene rings is 1. The van der Waals surface area contributed by atoms with E-state index >= 15 is 0 Å². The van der Waals surface area contributed by atoms with Gasteiger partial charge in [-0.3, -0.25) is 0 Å². The molecule has 1 saturated heterocycles. The molecule has 1 atom stereocenters. The summed E-state index contributed by atoms with van der Waals surface area (Å²) in [6.07, 6.45) is 1.89. The number of oxazole rings is 1. The fourth-order valence-corrected chi connectivity index (χ4v) is 2.58. The van der Waals surface area contributed by atoms with Gasteiger partial charge in [0.1, 0.15) is 6.07 Å². The van der Waals surface area contributed by atoms with Crippen LogP contribution in [-0.4, -0.2) is 29.3 Å². The number of nitriles is 1. The molecule has 5 heteroatoms. The van der Waals surface area contributed by atoms with E-state index in [1.54, 1.807) is 0 Å². The van der Waals surface area contributed by atoms with Crippen molar-refractivity contribution in [2.24, 2.45) is 0 Å². The third-order valence-corrected chi connectivity index (χ3v) is 3.58. The van der Waals surface area contributed by atoms with E-state index in [2.05, 4.69) is 11.1 Å². The number of rotatable bonds is 3. The molecule has 1 N–H and O–H groups in total. The molecule has 0 bridgehead atoms. The molecule has 20 heavy (non-hydrogen) atoms. The molecule has 2 heterocycles. The van der Waals surface area contributed by atoms with Crippen molar-refractivity contribution in [3.05, 3.63) is 36.0 Å². The van der Waals surface area contributed by atoms with E-state index in [0.29, 0.717) is 11.8 Å². The predicted octanol–water partition coefficient (Wildman–Crippen LogP) is 2.17. The van der Waals surface area contributed by atoms with Crippen molar-refractivity contribution in [1.29, 1.82) is 5.26 Å². The molecule has 1 unspecified atom stereocenters. The summed E-state index contributed by atoms with van der Waals surface area (Å²) in [7, 11) is 0. The molecule has 0 amide bonds. The van der Waals surface area contributed by atoms with Gasteiger partial charge < -0.3 is 14.4 Å². The smallest absolute Gasteiger partial charge is 0.235 e. The van der Waals surface area contributed by atoms with Crippen LogP contribution in [0.3, 0.4) is 0 Å². The van der Waals surface area contributed by atoms with Gasteiger partial charge in [-0.05, 0) is 25.0 Å². The molecule has 5 nitrogen and oxygen atoms in total. The van der Waals surface area contributed by atoms with Gasteiger partial charge >= 0.3 is 0 Å². The first kappa shape index (κ1) is 12.7. The lowest BCUT2D eigenvalue weighted by atomic mass is 10.2. The van der Waals surface area contributed by atoms with Crippen LogP contribution in [0, 0.1) is 11.3 Å². The highest BCUT2D eigenvalue weighted by molar-refractivity contribution is 5.59. The van der Waals surface area contributed by atoms with Crippen LogP contribution < -0.4 is 4.90 Å². The average Bonchev–Trinajstić information content (AvgIpc) is 3.13. The Morgan fingerprint density at radius 1 is 1.40 bits per heavy atom. The number of aliphatic hydroxyl groups excluding tert-OH is 1. The van der Waals surface area contributed by atoms with Crippen molar-refractivity contribution in [2.75, 3.05) is 18.1 Å². The van der Waals surface area contributed by atoms with Crippen LogP contribution in [0.4, 0.5) is 5.88 Å². The van der Waals surface area contributed by atoms with Gasteiger partial charge in [-0.15, -0.1) is 0 Å². The van der Waals surface area contributed by atoms with E-state index in [1.165, 1.54) is 0 Å². The lowest BCUT2D eigenvalue weighted by molar-refractivity contribution is 0.263. The largest absolute Gasteiger partial charge is 0.419 e. The molecule has 2 aromatic rings. The standard InChI is InChI=1S/C15H15N3O2/c16-9-13-15(18-8-4-7-12(18)10-19)20-14(17-13)11-5-2-1-3-6-11/h1-3,5-6,12,19H,4,7-8,10H2. The van der Waals surface area contributed by atoms with Crippen LogP contribution in [0.2, 0.25) is 0 Å². The molecule has 1 aromatic heterocycles. The third kappa shape index (κ3) is 2.15. The lowest BCUT2D eigenvalue weighted by Gasteiger charge is -2.21. The minimum Gasteiger partial charge on any atom is -0.419 e. The summed E-state index contributed by atoms with van der Waals surface area (Å²) in [5, 5.41) is 18.6. The van der Waals surface area contributed by atoms with Gasteiger partial charge in [0.25, 0.3) is 0 Å². The summed E-state index contributed by atoms with van der Waals surface area (Å²) in [6.45, 7) is 0.843. The maximum Gasteiger partial charge on any atom is 0.235 e. The summed E-state index contributed by atoms with van der Waals surface area (Å²) in [4.78, 5) is 6.20. The normalized spacial score (nSPS) is 18.2. The van der Waals surface area contributed by atoms with Crippen molar-refractivity contribution >= 4 is 5.88 Å². The number of nitrogens with zero attached hydrogens (tertiary/aromatic N) is 3. The Hall–Kier alpha value is -2.32. The van der Waals surface area contributed by atoms with Gasteiger partial charge in [0.15, 0.2) is 0 Å². The molecule has 0 aliphatic carbocycles. The zero-order valence-corrected chi connectivity index (χ0v) is 11.0. The Morgan fingerprint density at radius 2 is 2.20 bits per heavy atom. The van der Waals surface area contributed by atoms with Gasteiger partial charge in [-0.1, -0.05) is 18.2 Å². The highest BCUT2D eigenvalue weighted by Gasteiger charge is 2.30. The van der Waals surface area contributed by atoms with Crippen LogP contribution in [0.25, 0.3) is 11.5 Å². The van der Waals surface area contributed by atoms with Gasteiger partial charge in [-0.2, -0.15) is 10.2 Å². The third-order valence-electron chi connectivity index (χ3n) is 3.58. The summed E-state index contributed by atoms with van der Waals surface area (Å²) in [6, 6.07) is 11.6. The van der Waals surface area contributed by atoms with Gasteiger partial charge in [0.05, 0.1) is 12.6 Å². The van der Waals surface area contributed by atoms with Gasteiger partial charge in [0.2, 0.25) is 17.5 Å². The number of anilines is 1. The Labute approximate surface area is 117 Å². The Morgan fingerprint density at radius 3 is 2.90 bits per heavy atom. The Kier molecular flexibility index (Phi) is 3.40. The van der Waals surface area contributed by atoms with Crippen LogP contribution >= 0.6 is 0 Å². The van der Waals surface area contributed by atoms with E-state index in [0.717, 1.165) is 24.9 Å². The van der Waals surface area contributed by atoms with Crippen LogP contribution in [-0.2, 0) is 0 Å². The molecule has 1 aliphatic rings. The average molecular weight is 269 g/mol. The van der Waals surface area contributed by atoms with Crippen molar-refractivity contribution < 1.29 is 9.52 Å². The molecule has 0 radical (unpaired) electrons.